The first-order valence-corrected chi connectivity index (χ1v) is 8.23. The Hall–Kier alpha value is -3.09. The summed E-state index contributed by atoms with van der Waals surface area (Å²) in [4.78, 5) is 23.9. The summed E-state index contributed by atoms with van der Waals surface area (Å²) in [6.45, 7) is 1.43. The smallest absolute Gasteiger partial charge is 0.350 e. The first-order valence-electron chi connectivity index (χ1n) is 8.23. The van der Waals surface area contributed by atoms with Gasteiger partial charge in [-0.1, -0.05) is 42.5 Å². The monoisotopic (exact) mass is 376 g/mol. The van der Waals surface area contributed by atoms with Gasteiger partial charge in [-0.2, -0.15) is 13.2 Å². The summed E-state index contributed by atoms with van der Waals surface area (Å²) in [5.41, 5.74) is 0.386. The zero-order valence-corrected chi connectivity index (χ0v) is 14.6. The third kappa shape index (κ3) is 6.62. The van der Waals surface area contributed by atoms with Crippen molar-refractivity contribution in [2.24, 2.45) is 0 Å². The zero-order chi connectivity index (χ0) is 19.9. The Balaban J connectivity index is 1.85. The van der Waals surface area contributed by atoms with E-state index in [0.717, 1.165) is 17.7 Å². The third-order valence-corrected chi connectivity index (χ3v) is 3.70. The van der Waals surface area contributed by atoms with E-state index in [4.69, 9.17) is 0 Å². The van der Waals surface area contributed by atoms with Gasteiger partial charge < -0.3 is 10.6 Å². The zero-order valence-electron chi connectivity index (χ0n) is 14.6. The van der Waals surface area contributed by atoms with Gasteiger partial charge in [-0.25, -0.2) is 0 Å². The number of hydrogen-bond acceptors (Lipinski definition) is 2. The van der Waals surface area contributed by atoms with Crippen LogP contribution < -0.4 is 10.6 Å². The van der Waals surface area contributed by atoms with Crippen molar-refractivity contribution in [1.82, 2.24) is 10.6 Å². The molecule has 2 amide bonds. The second-order valence-electron chi connectivity index (χ2n) is 5.89. The van der Waals surface area contributed by atoms with Crippen molar-refractivity contribution in [2.75, 3.05) is 0 Å². The summed E-state index contributed by atoms with van der Waals surface area (Å²) in [5.74, 6) is -0.936. The lowest BCUT2D eigenvalue weighted by Crippen LogP contribution is -2.44. The Morgan fingerprint density at radius 1 is 1.07 bits per heavy atom. The summed E-state index contributed by atoms with van der Waals surface area (Å²) in [7, 11) is 0. The Bertz CT molecular complexity index is 817. The van der Waals surface area contributed by atoms with Gasteiger partial charge in [0.15, 0.2) is 0 Å². The average Bonchev–Trinajstić information content (AvgIpc) is 2.64. The van der Waals surface area contributed by atoms with E-state index in [1.807, 2.05) is 30.3 Å². The highest BCUT2D eigenvalue weighted by Crippen LogP contribution is 2.29. The summed E-state index contributed by atoms with van der Waals surface area (Å²) in [6, 6.07) is 13.1. The van der Waals surface area contributed by atoms with Gasteiger partial charge in [0.1, 0.15) is 6.04 Å². The van der Waals surface area contributed by atoms with E-state index < -0.39 is 29.6 Å². The molecule has 7 heteroatoms. The highest BCUT2D eigenvalue weighted by molar-refractivity contribution is 5.95. The molecular weight excluding hydrogens is 357 g/mol. The molecule has 1 unspecified atom stereocenters. The first-order chi connectivity index (χ1) is 12.8. The fourth-order valence-electron chi connectivity index (χ4n) is 2.26. The molecule has 2 N–H and O–H groups in total. The number of carbonyl (C=O) groups excluding carboxylic acids is 2. The van der Waals surface area contributed by atoms with Crippen molar-refractivity contribution >= 4 is 17.9 Å². The lowest BCUT2D eigenvalue weighted by Gasteiger charge is -2.14. The second-order valence-corrected chi connectivity index (χ2v) is 5.89. The van der Waals surface area contributed by atoms with Crippen molar-refractivity contribution in [3.05, 3.63) is 77.4 Å². The number of carbonyl (C=O) groups is 2. The quantitative estimate of drug-likeness (QED) is 0.758. The lowest BCUT2D eigenvalue weighted by molar-refractivity contribution is -0.137. The topological polar surface area (TPSA) is 58.2 Å². The Morgan fingerprint density at radius 3 is 2.44 bits per heavy atom. The molecule has 0 spiro atoms. The average molecular weight is 376 g/mol. The van der Waals surface area contributed by atoms with Gasteiger partial charge >= 0.3 is 6.18 Å². The Labute approximate surface area is 155 Å². The van der Waals surface area contributed by atoms with Crippen LogP contribution in [0.25, 0.3) is 6.08 Å². The van der Waals surface area contributed by atoms with Gasteiger partial charge in [0.05, 0.1) is 5.56 Å². The molecule has 142 valence electrons. The number of rotatable bonds is 6. The molecule has 1 atom stereocenters. The highest BCUT2D eigenvalue weighted by Gasteiger charge is 2.30. The van der Waals surface area contributed by atoms with Crippen LogP contribution in [0.4, 0.5) is 13.2 Å². The van der Waals surface area contributed by atoms with Gasteiger partial charge in [-0.15, -0.1) is 0 Å². The maximum Gasteiger partial charge on any atom is 0.416 e. The van der Waals surface area contributed by atoms with E-state index >= 15 is 0 Å². The van der Waals surface area contributed by atoms with Crippen molar-refractivity contribution < 1.29 is 22.8 Å². The van der Waals surface area contributed by atoms with Crippen LogP contribution in [0.1, 0.15) is 23.6 Å². The predicted octanol–water partition coefficient (Wildman–Crippen LogP) is 3.54. The van der Waals surface area contributed by atoms with E-state index in [0.29, 0.717) is 5.56 Å². The number of hydrogen-bond donors (Lipinski definition) is 2. The van der Waals surface area contributed by atoms with Gasteiger partial charge in [0.2, 0.25) is 11.8 Å². The summed E-state index contributed by atoms with van der Waals surface area (Å²) in [6.07, 6.45) is -1.51. The molecule has 2 aromatic rings. The predicted molar refractivity (Wildman–Crippen MR) is 96.4 cm³/mol. The van der Waals surface area contributed by atoms with Crippen LogP contribution >= 0.6 is 0 Å². The molecule has 27 heavy (non-hydrogen) atoms. The minimum absolute atomic E-state index is 0.0666. The fraction of sp³-hybridized carbons (Fsp3) is 0.200. The minimum atomic E-state index is -4.44. The molecule has 4 nitrogen and oxygen atoms in total. The fourth-order valence-corrected chi connectivity index (χ4v) is 2.26. The number of amides is 2. The summed E-state index contributed by atoms with van der Waals surface area (Å²) < 4.78 is 38.1. The number of benzene rings is 2. The normalized spacial score (nSPS) is 12.6. The lowest BCUT2D eigenvalue weighted by atomic mass is 10.1. The van der Waals surface area contributed by atoms with E-state index in [9.17, 15) is 22.8 Å². The molecule has 2 rings (SSSR count). The number of halogens is 3. The summed E-state index contributed by atoms with van der Waals surface area (Å²) >= 11 is 0. The second kappa shape index (κ2) is 9.02. The van der Waals surface area contributed by atoms with Crippen LogP contribution in [0.2, 0.25) is 0 Å². The maximum atomic E-state index is 12.7. The van der Waals surface area contributed by atoms with Crippen LogP contribution in [-0.2, 0) is 22.3 Å². The van der Waals surface area contributed by atoms with Crippen LogP contribution in [0.3, 0.4) is 0 Å². The molecular formula is C20H19F3N2O2. The SMILES string of the molecule is CC(NC(=O)/C=C/c1ccccc1)C(=O)NCc1cccc(C(F)(F)F)c1. The minimum Gasteiger partial charge on any atom is -0.350 e. The number of alkyl halides is 3. The summed E-state index contributed by atoms with van der Waals surface area (Å²) in [5, 5.41) is 5.02. The Morgan fingerprint density at radius 2 is 1.78 bits per heavy atom. The molecule has 0 bridgehead atoms. The van der Waals surface area contributed by atoms with Crippen molar-refractivity contribution in [1.29, 1.82) is 0 Å². The largest absolute Gasteiger partial charge is 0.416 e. The number of nitrogens with one attached hydrogen (secondary N) is 2. The van der Waals surface area contributed by atoms with Crippen LogP contribution in [0.15, 0.2) is 60.7 Å². The standard InChI is InChI=1S/C20H19F3N2O2/c1-14(25-18(26)11-10-15-6-3-2-4-7-15)19(27)24-13-16-8-5-9-17(12-16)20(21,22)23/h2-12,14H,13H2,1H3,(H,24,27)(H,25,26)/b11-10+. The maximum absolute atomic E-state index is 12.7. The molecule has 0 aliphatic rings. The molecule has 0 aromatic heterocycles. The Kier molecular flexibility index (Phi) is 6.76. The van der Waals surface area contributed by atoms with Crippen LogP contribution in [0.5, 0.6) is 0 Å². The molecule has 2 aromatic carbocycles. The van der Waals surface area contributed by atoms with Gasteiger partial charge in [0, 0.05) is 12.6 Å². The van der Waals surface area contributed by atoms with Crippen molar-refractivity contribution in [3.8, 4) is 0 Å². The van der Waals surface area contributed by atoms with Gasteiger partial charge in [0.25, 0.3) is 0 Å². The van der Waals surface area contributed by atoms with Gasteiger partial charge in [-0.3, -0.25) is 9.59 Å². The van der Waals surface area contributed by atoms with Crippen LogP contribution in [-0.4, -0.2) is 17.9 Å². The highest BCUT2D eigenvalue weighted by atomic mass is 19.4. The molecule has 0 radical (unpaired) electrons. The third-order valence-electron chi connectivity index (χ3n) is 3.70. The van der Waals surface area contributed by atoms with Gasteiger partial charge in [-0.05, 0) is 36.3 Å². The molecule has 0 saturated carbocycles. The van der Waals surface area contributed by atoms with E-state index in [1.165, 1.54) is 25.1 Å². The van der Waals surface area contributed by atoms with Crippen molar-refractivity contribution in [2.45, 2.75) is 25.7 Å². The van der Waals surface area contributed by atoms with E-state index in [1.54, 1.807) is 6.08 Å². The molecule has 0 heterocycles. The first kappa shape index (κ1) is 20.2. The van der Waals surface area contributed by atoms with Crippen molar-refractivity contribution in [3.63, 3.8) is 0 Å². The molecule has 0 aliphatic carbocycles. The molecule has 0 saturated heterocycles. The van der Waals surface area contributed by atoms with E-state index in [2.05, 4.69) is 10.6 Å². The molecule has 0 fully saturated rings. The molecule has 0 aliphatic heterocycles. The van der Waals surface area contributed by atoms with Crippen LogP contribution in [0, 0.1) is 0 Å². The van der Waals surface area contributed by atoms with E-state index in [-0.39, 0.29) is 6.54 Å².